The summed E-state index contributed by atoms with van der Waals surface area (Å²) in [6.45, 7) is 6.86. The Balaban J connectivity index is 2.40. The first kappa shape index (κ1) is 14.0. The minimum Gasteiger partial charge on any atom is -0.439 e. The van der Waals surface area contributed by atoms with Crippen molar-refractivity contribution in [1.82, 2.24) is 4.57 Å². The molecule has 0 aliphatic heterocycles. The van der Waals surface area contributed by atoms with Crippen LogP contribution in [0.3, 0.4) is 0 Å². The van der Waals surface area contributed by atoms with Crippen LogP contribution in [-0.2, 0) is 6.54 Å². The van der Waals surface area contributed by atoms with Gasteiger partial charge in [-0.05, 0) is 43.5 Å². The lowest BCUT2D eigenvalue weighted by atomic mass is 10.1. The number of hydrogen-bond acceptors (Lipinski definition) is 3. The molecule has 0 unspecified atom stereocenters. The van der Waals surface area contributed by atoms with E-state index in [4.69, 9.17) is 15.7 Å². The fraction of sp³-hybridized carbons (Fsp3) is 0.312. The van der Waals surface area contributed by atoms with E-state index in [2.05, 4.69) is 19.9 Å². The van der Waals surface area contributed by atoms with Crippen molar-refractivity contribution in [1.29, 1.82) is 5.26 Å². The monoisotopic (exact) mass is 269 g/mol. The van der Waals surface area contributed by atoms with Crippen LogP contribution in [0.5, 0.6) is 11.6 Å². The zero-order valence-electron chi connectivity index (χ0n) is 12.1. The number of rotatable bonds is 4. The maximum Gasteiger partial charge on any atom is 0.224 e. The van der Waals surface area contributed by atoms with E-state index in [1.807, 2.05) is 29.7 Å². The van der Waals surface area contributed by atoms with E-state index < -0.39 is 0 Å². The van der Waals surface area contributed by atoms with Gasteiger partial charge in [0.25, 0.3) is 0 Å². The minimum absolute atomic E-state index is 0.494. The van der Waals surface area contributed by atoms with Crippen LogP contribution in [0.2, 0.25) is 0 Å². The molecule has 2 aromatic rings. The fourth-order valence-electron chi connectivity index (χ4n) is 2.09. The van der Waals surface area contributed by atoms with E-state index in [1.165, 1.54) is 5.56 Å². The number of nitrogens with two attached hydrogens (primary N) is 1. The molecule has 1 aromatic carbocycles. The Bertz CT molecular complexity index is 665. The van der Waals surface area contributed by atoms with Gasteiger partial charge in [0.15, 0.2) is 0 Å². The average molecular weight is 269 g/mol. The largest absolute Gasteiger partial charge is 0.439 e. The summed E-state index contributed by atoms with van der Waals surface area (Å²) in [5.74, 6) is 1.28. The van der Waals surface area contributed by atoms with Gasteiger partial charge in [-0.1, -0.05) is 13.0 Å². The van der Waals surface area contributed by atoms with E-state index in [9.17, 15) is 0 Å². The molecule has 0 spiro atoms. The zero-order chi connectivity index (χ0) is 14.7. The first-order valence-corrected chi connectivity index (χ1v) is 6.71. The molecule has 4 heteroatoms. The van der Waals surface area contributed by atoms with E-state index >= 15 is 0 Å². The van der Waals surface area contributed by atoms with Gasteiger partial charge in [-0.25, -0.2) is 0 Å². The molecular formula is C16H19N3O. The molecule has 20 heavy (non-hydrogen) atoms. The average Bonchev–Trinajstić information content (AvgIpc) is 2.71. The molecule has 0 atom stereocenters. The molecule has 2 rings (SSSR count). The Kier molecular flexibility index (Phi) is 3.99. The quantitative estimate of drug-likeness (QED) is 0.919. The highest BCUT2D eigenvalue weighted by Gasteiger charge is 2.14. The fourth-order valence-corrected chi connectivity index (χ4v) is 2.09. The highest BCUT2D eigenvalue weighted by molar-refractivity contribution is 5.56. The topological polar surface area (TPSA) is 64.0 Å². The number of aromatic nitrogens is 1. The molecule has 4 nitrogen and oxygen atoms in total. The van der Waals surface area contributed by atoms with Gasteiger partial charge in [0.2, 0.25) is 5.88 Å². The summed E-state index contributed by atoms with van der Waals surface area (Å²) in [5.41, 5.74) is 9.37. The van der Waals surface area contributed by atoms with Crippen molar-refractivity contribution in [2.24, 2.45) is 0 Å². The Morgan fingerprint density at radius 3 is 2.60 bits per heavy atom. The van der Waals surface area contributed by atoms with Crippen LogP contribution in [0.1, 0.15) is 30.2 Å². The lowest BCUT2D eigenvalue weighted by Crippen LogP contribution is -2.03. The van der Waals surface area contributed by atoms with Gasteiger partial charge >= 0.3 is 0 Å². The number of nitriles is 1. The summed E-state index contributed by atoms with van der Waals surface area (Å²) >= 11 is 0. The smallest absolute Gasteiger partial charge is 0.224 e. The van der Waals surface area contributed by atoms with Crippen LogP contribution in [-0.4, -0.2) is 4.57 Å². The van der Waals surface area contributed by atoms with Gasteiger partial charge in [-0.3, -0.25) is 0 Å². The molecule has 0 aliphatic rings. The second-order valence-corrected chi connectivity index (χ2v) is 4.90. The number of ether oxygens (including phenoxy) is 1. The molecule has 104 valence electrons. The zero-order valence-corrected chi connectivity index (χ0v) is 12.1. The number of hydrogen-bond donors (Lipinski definition) is 1. The van der Waals surface area contributed by atoms with Crippen LogP contribution in [0.15, 0.2) is 24.3 Å². The van der Waals surface area contributed by atoms with E-state index in [-0.39, 0.29) is 0 Å². The van der Waals surface area contributed by atoms with Crippen molar-refractivity contribution in [3.8, 4) is 17.7 Å². The second kappa shape index (κ2) is 5.70. The summed E-state index contributed by atoms with van der Waals surface area (Å²) in [7, 11) is 0. The van der Waals surface area contributed by atoms with Crippen LogP contribution < -0.4 is 10.5 Å². The molecule has 0 aliphatic carbocycles. The molecular weight excluding hydrogens is 250 g/mol. The number of nitrogens with zero attached hydrogens (tertiary/aromatic N) is 2. The van der Waals surface area contributed by atoms with Crippen LogP contribution in [0.25, 0.3) is 0 Å². The highest BCUT2D eigenvalue weighted by Crippen LogP contribution is 2.32. The van der Waals surface area contributed by atoms with Crippen LogP contribution >= 0.6 is 0 Å². The summed E-state index contributed by atoms with van der Waals surface area (Å²) in [6.07, 6.45) is 0.909. The summed E-state index contributed by atoms with van der Waals surface area (Å²) < 4.78 is 7.72. The molecule has 0 fully saturated rings. The third-order valence-corrected chi connectivity index (χ3v) is 3.33. The van der Waals surface area contributed by atoms with Crippen molar-refractivity contribution < 1.29 is 4.74 Å². The third-order valence-electron chi connectivity index (χ3n) is 3.33. The van der Waals surface area contributed by atoms with Gasteiger partial charge in [-0.2, -0.15) is 5.26 Å². The Hall–Kier alpha value is -2.41. The second-order valence-electron chi connectivity index (χ2n) is 4.90. The molecule has 1 aromatic heterocycles. The van der Waals surface area contributed by atoms with E-state index in [0.717, 1.165) is 17.7 Å². The lowest BCUT2D eigenvalue weighted by Gasteiger charge is -2.12. The molecule has 2 N–H and O–H groups in total. The number of benzene rings is 1. The van der Waals surface area contributed by atoms with Crippen molar-refractivity contribution in [2.45, 2.75) is 33.7 Å². The predicted molar refractivity (Wildman–Crippen MR) is 79.8 cm³/mol. The minimum atomic E-state index is 0.494. The normalized spacial score (nSPS) is 10.3. The number of nitrogen functional groups attached to an aromatic ring is 1. The van der Waals surface area contributed by atoms with Gasteiger partial charge in [0, 0.05) is 12.6 Å². The molecule has 0 amide bonds. The number of aryl methyl sites for hydroxylation is 2. The summed E-state index contributed by atoms with van der Waals surface area (Å²) in [6, 6.07) is 9.71. The number of anilines is 1. The summed E-state index contributed by atoms with van der Waals surface area (Å²) in [5, 5.41) is 9.15. The maximum absolute atomic E-state index is 9.15. The van der Waals surface area contributed by atoms with Gasteiger partial charge in [0.05, 0.1) is 5.69 Å². The lowest BCUT2D eigenvalue weighted by molar-refractivity contribution is 0.427. The molecule has 1 heterocycles. The molecule has 0 bridgehead atoms. The predicted octanol–water partition coefficient (Wildman–Crippen LogP) is 3.76. The van der Waals surface area contributed by atoms with Gasteiger partial charge in [0.1, 0.15) is 17.5 Å². The van der Waals surface area contributed by atoms with E-state index in [0.29, 0.717) is 23.8 Å². The van der Waals surface area contributed by atoms with Crippen molar-refractivity contribution in [3.05, 3.63) is 41.1 Å². The first-order valence-electron chi connectivity index (χ1n) is 6.71. The molecule has 0 radical (unpaired) electrons. The first-order chi connectivity index (χ1) is 9.56. The van der Waals surface area contributed by atoms with Crippen molar-refractivity contribution in [2.75, 3.05) is 5.73 Å². The van der Waals surface area contributed by atoms with Crippen molar-refractivity contribution in [3.63, 3.8) is 0 Å². The van der Waals surface area contributed by atoms with Gasteiger partial charge < -0.3 is 15.0 Å². The Labute approximate surface area is 119 Å². The van der Waals surface area contributed by atoms with Gasteiger partial charge in [-0.15, -0.1) is 0 Å². The van der Waals surface area contributed by atoms with Crippen LogP contribution in [0, 0.1) is 25.2 Å². The van der Waals surface area contributed by atoms with E-state index in [1.54, 1.807) is 6.07 Å². The molecule has 0 saturated carbocycles. The SMILES string of the molecule is CCCn1c(C#N)cc(N)c1Oc1ccc(C)c(C)c1. The van der Waals surface area contributed by atoms with Crippen LogP contribution in [0.4, 0.5) is 5.69 Å². The maximum atomic E-state index is 9.15. The Morgan fingerprint density at radius 1 is 1.25 bits per heavy atom. The standard InChI is InChI=1S/C16H19N3O/c1-4-7-19-13(10-17)9-15(18)16(19)20-14-6-5-11(2)12(3)8-14/h5-6,8-9H,4,7,18H2,1-3H3. The highest BCUT2D eigenvalue weighted by atomic mass is 16.5. The third kappa shape index (κ3) is 2.62. The molecule has 0 saturated heterocycles. The summed E-state index contributed by atoms with van der Waals surface area (Å²) in [4.78, 5) is 0. The van der Waals surface area contributed by atoms with Crippen molar-refractivity contribution >= 4 is 5.69 Å². The Morgan fingerprint density at radius 2 is 2.00 bits per heavy atom.